The van der Waals surface area contributed by atoms with Gasteiger partial charge in [0.1, 0.15) is 5.75 Å². The minimum Gasteiger partial charge on any atom is -0.227 e. The Morgan fingerprint density at radius 1 is 1.75 bits per heavy atom. The maximum atomic E-state index is 10.5. The zero-order valence-electron chi connectivity index (χ0n) is 4.51. The third-order valence-electron chi connectivity index (χ3n) is 0.903. The molecule has 0 aliphatic carbocycles. The first-order valence-electron chi connectivity index (χ1n) is 2.26. The van der Waals surface area contributed by atoms with E-state index in [1.165, 1.54) is 6.08 Å². The lowest BCUT2D eigenvalue weighted by atomic mass is 10.3. The average Bonchev–Trinajstić information content (AvgIpc) is 1.82. The smallest absolute Gasteiger partial charge is 0.167 e. The second-order valence-corrected chi connectivity index (χ2v) is 3.62. The predicted molar refractivity (Wildman–Crippen MR) is 30.8 cm³/mol. The van der Waals surface area contributed by atoms with E-state index in [1.54, 1.807) is 6.92 Å². The molecule has 0 aromatic carbocycles. The minimum atomic E-state index is -2.94. The van der Waals surface area contributed by atoms with E-state index >= 15 is 0 Å². The van der Waals surface area contributed by atoms with Crippen molar-refractivity contribution in [3.63, 3.8) is 0 Å². The van der Waals surface area contributed by atoms with Gasteiger partial charge in [-0.2, -0.15) is 0 Å². The van der Waals surface area contributed by atoms with Gasteiger partial charge in [-0.1, -0.05) is 11.6 Å². The van der Waals surface area contributed by atoms with Crippen LogP contribution in [0.15, 0.2) is 11.6 Å². The summed E-state index contributed by atoms with van der Waals surface area (Å²) in [4.78, 5) is 0. The molecule has 0 saturated carbocycles. The molecule has 0 fully saturated rings. The number of hydrogen-bond acceptors (Lipinski definition) is 2. The first kappa shape index (κ1) is 5.82. The molecule has 2 nitrogen and oxygen atoms in total. The van der Waals surface area contributed by atoms with Gasteiger partial charge in [-0.25, -0.2) is 8.42 Å². The van der Waals surface area contributed by atoms with Crippen molar-refractivity contribution >= 4 is 9.84 Å². The standard InChI is InChI=1S/C5H6O2S/c1-5-2-3-8(6,7)4-5/h2H,4H2,1H3. The summed E-state index contributed by atoms with van der Waals surface area (Å²) in [5.74, 6) is 2.42. The summed E-state index contributed by atoms with van der Waals surface area (Å²) in [5.41, 5.74) is 0.866. The van der Waals surface area contributed by atoms with Gasteiger partial charge in [-0.15, -0.1) is 0 Å². The second kappa shape index (κ2) is 1.58. The highest BCUT2D eigenvalue weighted by Crippen LogP contribution is 2.13. The van der Waals surface area contributed by atoms with Crippen molar-refractivity contribution in [3.8, 4) is 0 Å². The third kappa shape index (κ3) is 1.10. The zero-order valence-corrected chi connectivity index (χ0v) is 5.33. The van der Waals surface area contributed by atoms with Crippen molar-refractivity contribution in [1.82, 2.24) is 0 Å². The summed E-state index contributed by atoms with van der Waals surface area (Å²) in [6.45, 7) is 1.78. The summed E-state index contributed by atoms with van der Waals surface area (Å²) in [6, 6.07) is 0. The van der Waals surface area contributed by atoms with E-state index in [2.05, 4.69) is 5.75 Å². The van der Waals surface area contributed by atoms with Gasteiger partial charge in [0.15, 0.2) is 9.84 Å². The molecule has 3 heteroatoms. The highest BCUT2D eigenvalue weighted by Gasteiger charge is 2.17. The van der Waals surface area contributed by atoms with Gasteiger partial charge in [0.05, 0.1) is 5.75 Å². The summed E-state index contributed by atoms with van der Waals surface area (Å²) >= 11 is 0. The van der Waals surface area contributed by atoms with Crippen LogP contribution in [0.1, 0.15) is 6.92 Å². The topological polar surface area (TPSA) is 34.1 Å². The van der Waals surface area contributed by atoms with Gasteiger partial charge in [0.25, 0.3) is 0 Å². The normalized spacial score (nSPS) is 25.4. The number of rotatable bonds is 0. The summed E-state index contributed by atoms with van der Waals surface area (Å²) in [7, 11) is -2.94. The molecule has 0 bridgehead atoms. The fourth-order valence-corrected chi connectivity index (χ4v) is 1.72. The van der Waals surface area contributed by atoms with E-state index in [1.807, 2.05) is 0 Å². The maximum Gasteiger partial charge on any atom is 0.167 e. The Balaban J connectivity index is 2.85. The van der Waals surface area contributed by atoms with Gasteiger partial charge in [0.2, 0.25) is 0 Å². The van der Waals surface area contributed by atoms with Crippen molar-refractivity contribution in [2.75, 3.05) is 5.75 Å². The van der Waals surface area contributed by atoms with Crippen molar-refractivity contribution in [3.05, 3.63) is 17.4 Å². The molecule has 8 heavy (non-hydrogen) atoms. The van der Waals surface area contributed by atoms with E-state index in [-0.39, 0.29) is 5.75 Å². The quantitative estimate of drug-likeness (QED) is 0.475. The molecule has 0 spiro atoms. The lowest BCUT2D eigenvalue weighted by molar-refractivity contribution is 0.606. The van der Waals surface area contributed by atoms with E-state index in [4.69, 9.17) is 0 Å². The van der Waals surface area contributed by atoms with Crippen LogP contribution in [0.25, 0.3) is 0 Å². The average molecular weight is 130 g/mol. The third-order valence-corrected chi connectivity index (χ3v) is 2.21. The Bertz CT molecular complexity index is 211. The molecule has 0 unspecified atom stereocenters. The van der Waals surface area contributed by atoms with Crippen LogP contribution in [0.2, 0.25) is 0 Å². The van der Waals surface area contributed by atoms with E-state index in [0.717, 1.165) is 5.57 Å². The molecular weight excluding hydrogens is 124 g/mol. The Morgan fingerprint density at radius 3 is 2.50 bits per heavy atom. The summed E-state index contributed by atoms with van der Waals surface area (Å²) in [5, 5.41) is 0. The molecule has 0 aromatic heterocycles. The van der Waals surface area contributed by atoms with Crippen molar-refractivity contribution in [2.45, 2.75) is 6.92 Å². The molecule has 1 rings (SSSR count). The fraction of sp³-hybridized carbons (Fsp3) is 0.400. The molecule has 0 saturated heterocycles. The monoisotopic (exact) mass is 130 g/mol. The SMILES string of the molecule is CC1=C[C]S(=O)(=O)C1. The van der Waals surface area contributed by atoms with Crippen LogP contribution in [-0.2, 0) is 9.84 Å². The molecule has 1 aliphatic rings. The molecule has 0 N–H and O–H groups in total. The van der Waals surface area contributed by atoms with Gasteiger partial charge < -0.3 is 0 Å². The number of hydrogen-bond donors (Lipinski definition) is 0. The molecular formula is C5H6O2S. The van der Waals surface area contributed by atoms with Gasteiger partial charge >= 0.3 is 0 Å². The Labute approximate surface area is 49.1 Å². The van der Waals surface area contributed by atoms with E-state index in [0.29, 0.717) is 0 Å². The van der Waals surface area contributed by atoms with Crippen molar-refractivity contribution in [2.24, 2.45) is 0 Å². The second-order valence-electron chi connectivity index (χ2n) is 1.87. The Morgan fingerprint density at radius 2 is 2.38 bits per heavy atom. The van der Waals surface area contributed by atoms with Crippen LogP contribution < -0.4 is 0 Å². The first-order chi connectivity index (χ1) is 3.60. The Hall–Kier alpha value is -0.310. The molecule has 1 heterocycles. The highest BCUT2D eigenvalue weighted by atomic mass is 32.2. The van der Waals surface area contributed by atoms with Crippen molar-refractivity contribution < 1.29 is 8.42 Å². The number of sulfone groups is 1. The molecule has 0 amide bonds. The van der Waals surface area contributed by atoms with E-state index < -0.39 is 9.84 Å². The van der Waals surface area contributed by atoms with E-state index in [9.17, 15) is 8.42 Å². The molecule has 2 radical (unpaired) electrons. The first-order valence-corrected chi connectivity index (χ1v) is 3.91. The highest BCUT2D eigenvalue weighted by molar-refractivity contribution is 7.94. The molecule has 0 atom stereocenters. The fourth-order valence-electron chi connectivity index (χ4n) is 0.573. The lowest BCUT2D eigenvalue weighted by Crippen LogP contribution is -1.97. The van der Waals surface area contributed by atoms with Gasteiger partial charge in [-0.3, -0.25) is 0 Å². The van der Waals surface area contributed by atoms with Crippen molar-refractivity contribution in [1.29, 1.82) is 0 Å². The van der Waals surface area contributed by atoms with Crippen LogP contribution in [-0.4, -0.2) is 14.2 Å². The van der Waals surface area contributed by atoms with Crippen LogP contribution in [0.3, 0.4) is 0 Å². The summed E-state index contributed by atoms with van der Waals surface area (Å²) in [6.07, 6.45) is 1.51. The Kier molecular flexibility index (Phi) is 1.15. The molecule has 1 aliphatic heterocycles. The van der Waals surface area contributed by atoms with Crippen LogP contribution >= 0.6 is 0 Å². The summed E-state index contributed by atoms with van der Waals surface area (Å²) < 4.78 is 21.0. The van der Waals surface area contributed by atoms with Crippen LogP contribution in [0, 0.1) is 5.75 Å². The van der Waals surface area contributed by atoms with Gasteiger partial charge in [-0.05, 0) is 6.92 Å². The molecule has 44 valence electrons. The van der Waals surface area contributed by atoms with Crippen LogP contribution in [0.5, 0.6) is 0 Å². The predicted octanol–water partition coefficient (Wildman–Crippen LogP) is 0.400. The lowest BCUT2D eigenvalue weighted by Gasteiger charge is -1.85. The largest absolute Gasteiger partial charge is 0.227 e. The van der Waals surface area contributed by atoms with Crippen LogP contribution in [0.4, 0.5) is 0 Å². The van der Waals surface area contributed by atoms with Gasteiger partial charge in [0, 0.05) is 0 Å². The maximum absolute atomic E-state index is 10.5. The zero-order chi connectivity index (χ0) is 6.20. The minimum absolute atomic E-state index is 0.160. The molecule has 0 aromatic rings.